The number of hydrogen-bond acceptors (Lipinski definition) is 2. The maximum absolute atomic E-state index is 11.7. The molecule has 1 aromatic rings. The maximum atomic E-state index is 11.7. The van der Waals surface area contributed by atoms with Crippen molar-refractivity contribution in [2.24, 2.45) is 0 Å². The minimum absolute atomic E-state index is 0.106. The minimum atomic E-state index is 0.106. The number of imidazole rings is 1. The highest BCUT2D eigenvalue weighted by Gasteiger charge is 2.14. The average molecular weight is 224 g/mol. The number of ether oxygens (including phenoxy) is 1. The Morgan fingerprint density at radius 1 is 1.44 bits per heavy atom. The number of rotatable bonds is 5. The molecule has 0 radical (unpaired) electrons. The highest BCUT2D eigenvalue weighted by atomic mass is 16.5. The van der Waals surface area contributed by atoms with E-state index in [0.29, 0.717) is 6.10 Å². The van der Waals surface area contributed by atoms with Crippen molar-refractivity contribution in [3.8, 4) is 0 Å². The van der Waals surface area contributed by atoms with Crippen molar-refractivity contribution < 1.29 is 4.74 Å². The third-order valence-electron chi connectivity index (χ3n) is 3.21. The molecule has 2 rings (SSSR count). The lowest BCUT2D eigenvalue weighted by atomic mass is 10.1. The van der Waals surface area contributed by atoms with Gasteiger partial charge in [-0.15, -0.1) is 0 Å². The van der Waals surface area contributed by atoms with E-state index in [1.165, 1.54) is 12.8 Å². The van der Waals surface area contributed by atoms with Gasteiger partial charge >= 0.3 is 5.69 Å². The van der Waals surface area contributed by atoms with E-state index in [1.54, 1.807) is 9.13 Å². The fraction of sp³-hybridized carbons (Fsp3) is 0.750. The predicted octanol–water partition coefficient (Wildman–Crippen LogP) is 1.63. The summed E-state index contributed by atoms with van der Waals surface area (Å²) in [6.07, 6.45) is 8.64. The van der Waals surface area contributed by atoms with Crippen molar-refractivity contribution in [1.82, 2.24) is 9.13 Å². The third kappa shape index (κ3) is 2.55. The summed E-state index contributed by atoms with van der Waals surface area (Å²) in [6, 6.07) is 0. The highest BCUT2D eigenvalue weighted by molar-refractivity contribution is 4.81. The zero-order valence-electron chi connectivity index (χ0n) is 9.89. The fourth-order valence-electron chi connectivity index (χ4n) is 2.23. The van der Waals surface area contributed by atoms with Crippen LogP contribution in [0.1, 0.15) is 32.6 Å². The van der Waals surface area contributed by atoms with Crippen LogP contribution in [0.3, 0.4) is 0 Å². The number of aromatic nitrogens is 2. The topological polar surface area (TPSA) is 36.2 Å². The Bertz CT molecular complexity index is 375. The summed E-state index contributed by atoms with van der Waals surface area (Å²) in [5.41, 5.74) is 0.106. The van der Waals surface area contributed by atoms with Gasteiger partial charge in [-0.3, -0.25) is 9.13 Å². The summed E-state index contributed by atoms with van der Waals surface area (Å²) >= 11 is 0. The summed E-state index contributed by atoms with van der Waals surface area (Å²) < 4.78 is 9.07. The maximum Gasteiger partial charge on any atom is 0.328 e. The van der Waals surface area contributed by atoms with Crippen LogP contribution in [-0.4, -0.2) is 21.8 Å². The molecule has 90 valence electrons. The minimum Gasteiger partial charge on any atom is -0.378 e. The molecule has 0 N–H and O–H groups in total. The average Bonchev–Trinajstić information content (AvgIpc) is 2.90. The zero-order chi connectivity index (χ0) is 11.4. The molecule has 1 saturated heterocycles. The van der Waals surface area contributed by atoms with Crippen molar-refractivity contribution in [3.05, 3.63) is 22.9 Å². The molecule has 0 bridgehead atoms. The Balaban J connectivity index is 1.80. The van der Waals surface area contributed by atoms with Gasteiger partial charge in [0.05, 0.1) is 6.10 Å². The molecule has 1 fully saturated rings. The normalized spacial score (nSPS) is 20.4. The van der Waals surface area contributed by atoms with Crippen LogP contribution in [-0.2, 0) is 17.8 Å². The van der Waals surface area contributed by atoms with E-state index in [-0.39, 0.29) is 5.69 Å². The number of hydrogen-bond donors (Lipinski definition) is 0. The molecule has 1 aliphatic heterocycles. The van der Waals surface area contributed by atoms with Crippen molar-refractivity contribution in [2.75, 3.05) is 6.61 Å². The lowest BCUT2D eigenvalue weighted by Crippen LogP contribution is -2.23. The Morgan fingerprint density at radius 3 is 2.88 bits per heavy atom. The SMILES string of the molecule is CCn1ccn(CCCC2CCCO2)c1=O. The Hall–Kier alpha value is -1.03. The van der Waals surface area contributed by atoms with E-state index in [2.05, 4.69) is 0 Å². The van der Waals surface area contributed by atoms with Crippen LogP contribution in [0.4, 0.5) is 0 Å². The van der Waals surface area contributed by atoms with Gasteiger partial charge in [0.15, 0.2) is 0 Å². The summed E-state index contributed by atoms with van der Waals surface area (Å²) in [5, 5.41) is 0. The molecule has 0 saturated carbocycles. The second kappa shape index (κ2) is 5.34. The van der Waals surface area contributed by atoms with Gasteiger partial charge < -0.3 is 4.74 Å². The van der Waals surface area contributed by atoms with Gasteiger partial charge in [-0.2, -0.15) is 0 Å². The van der Waals surface area contributed by atoms with Gasteiger partial charge in [0.1, 0.15) is 0 Å². The molecule has 0 amide bonds. The van der Waals surface area contributed by atoms with E-state index in [1.807, 2.05) is 19.3 Å². The van der Waals surface area contributed by atoms with Crippen LogP contribution >= 0.6 is 0 Å². The lowest BCUT2D eigenvalue weighted by Gasteiger charge is -2.08. The molecular formula is C12H20N2O2. The van der Waals surface area contributed by atoms with Crippen molar-refractivity contribution in [2.45, 2.75) is 51.8 Å². The molecular weight excluding hydrogens is 204 g/mol. The van der Waals surface area contributed by atoms with Gasteiger partial charge in [-0.25, -0.2) is 4.79 Å². The van der Waals surface area contributed by atoms with E-state index in [0.717, 1.165) is 32.5 Å². The van der Waals surface area contributed by atoms with E-state index < -0.39 is 0 Å². The number of nitrogens with zero attached hydrogens (tertiary/aromatic N) is 2. The second-order valence-corrected chi connectivity index (χ2v) is 4.34. The molecule has 1 aromatic heterocycles. The number of aryl methyl sites for hydroxylation is 2. The fourth-order valence-corrected chi connectivity index (χ4v) is 2.23. The molecule has 0 spiro atoms. The van der Waals surface area contributed by atoms with Crippen LogP contribution in [0.2, 0.25) is 0 Å². The summed E-state index contributed by atoms with van der Waals surface area (Å²) in [4.78, 5) is 11.7. The molecule has 1 unspecified atom stereocenters. The van der Waals surface area contributed by atoms with Gasteiger partial charge in [-0.1, -0.05) is 0 Å². The van der Waals surface area contributed by atoms with Gasteiger partial charge in [0.2, 0.25) is 0 Å². The third-order valence-corrected chi connectivity index (χ3v) is 3.21. The largest absolute Gasteiger partial charge is 0.378 e. The zero-order valence-corrected chi connectivity index (χ0v) is 9.89. The molecule has 1 aliphatic rings. The first-order chi connectivity index (χ1) is 7.81. The molecule has 1 atom stereocenters. The molecule has 4 nitrogen and oxygen atoms in total. The summed E-state index contributed by atoms with van der Waals surface area (Å²) in [5.74, 6) is 0. The van der Waals surface area contributed by atoms with E-state index in [9.17, 15) is 4.79 Å². The van der Waals surface area contributed by atoms with Crippen molar-refractivity contribution >= 4 is 0 Å². The molecule has 0 aliphatic carbocycles. The molecule has 16 heavy (non-hydrogen) atoms. The van der Waals surface area contributed by atoms with Gasteiger partial charge in [0.25, 0.3) is 0 Å². The quantitative estimate of drug-likeness (QED) is 0.762. The van der Waals surface area contributed by atoms with Crippen molar-refractivity contribution in [3.63, 3.8) is 0 Å². The predicted molar refractivity (Wildman–Crippen MR) is 62.6 cm³/mol. The van der Waals surface area contributed by atoms with E-state index in [4.69, 9.17) is 4.74 Å². The lowest BCUT2D eigenvalue weighted by molar-refractivity contribution is 0.101. The standard InChI is InChI=1S/C12H20N2O2/c1-2-13-8-9-14(12(13)15)7-3-5-11-6-4-10-16-11/h8-9,11H,2-7,10H2,1H3. The smallest absolute Gasteiger partial charge is 0.328 e. The Labute approximate surface area is 95.8 Å². The van der Waals surface area contributed by atoms with Crippen LogP contribution in [0.5, 0.6) is 0 Å². The van der Waals surface area contributed by atoms with Gasteiger partial charge in [-0.05, 0) is 32.6 Å². The molecule has 2 heterocycles. The van der Waals surface area contributed by atoms with Gasteiger partial charge in [0, 0.05) is 32.1 Å². The van der Waals surface area contributed by atoms with Crippen LogP contribution in [0.15, 0.2) is 17.2 Å². The van der Waals surface area contributed by atoms with Crippen LogP contribution in [0.25, 0.3) is 0 Å². The highest BCUT2D eigenvalue weighted by Crippen LogP contribution is 2.16. The second-order valence-electron chi connectivity index (χ2n) is 4.34. The van der Waals surface area contributed by atoms with E-state index >= 15 is 0 Å². The molecule has 0 aromatic carbocycles. The Morgan fingerprint density at radius 2 is 2.25 bits per heavy atom. The molecule has 4 heteroatoms. The summed E-state index contributed by atoms with van der Waals surface area (Å²) in [7, 11) is 0. The first-order valence-corrected chi connectivity index (χ1v) is 6.18. The van der Waals surface area contributed by atoms with Crippen LogP contribution < -0.4 is 5.69 Å². The van der Waals surface area contributed by atoms with Crippen molar-refractivity contribution in [1.29, 1.82) is 0 Å². The van der Waals surface area contributed by atoms with Crippen LogP contribution in [0, 0.1) is 0 Å². The Kier molecular flexibility index (Phi) is 3.83. The first-order valence-electron chi connectivity index (χ1n) is 6.18. The first kappa shape index (κ1) is 11.5. The monoisotopic (exact) mass is 224 g/mol. The summed E-state index contributed by atoms with van der Waals surface area (Å²) in [6.45, 7) is 4.46.